The molecule has 3 aliphatic rings. The summed E-state index contributed by atoms with van der Waals surface area (Å²) >= 11 is 13.4. The number of alkyl halides is 2. The van der Waals surface area contributed by atoms with Crippen molar-refractivity contribution in [2.75, 3.05) is 26.7 Å². The van der Waals surface area contributed by atoms with Gasteiger partial charge in [-0.2, -0.15) is 0 Å². The van der Waals surface area contributed by atoms with Crippen LogP contribution in [-0.2, 0) is 4.79 Å². The van der Waals surface area contributed by atoms with E-state index in [-0.39, 0.29) is 30.1 Å². The lowest BCUT2D eigenvalue weighted by atomic mass is 9.97. The van der Waals surface area contributed by atoms with Gasteiger partial charge >= 0.3 is 0 Å². The van der Waals surface area contributed by atoms with Gasteiger partial charge in [0.25, 0.3) is 0 Å². The Morgan fingerprint density at radius 2 is 2.03 bits per heavy atom. The maximum absolute atomic E-state index is 13.0. The second-order valence-corrected chi connectivity index (χ2v) is 8.50. The largest absolute Gasteiger partial charge is 0.489 e. The van der Waals surface area contributed by atoms with Gasteiger partial charge in [-0.3, -0.25) is 9.69 Å². The average Bonchev–Trinajstić information content (AvgIpc) is 3.25. The zero-order valence-corrected chi connectivity index (χ0v) is 18.6. The predicted molar refractivity (Wildman–Crippen MR) is 121 cm³/mol. The Hall–Kier alpha value is -1.46. The molecule has 29 heavy (non-hydrogen) atoms. The van der Waals surface area contributed by atoms with Gasteiger partial charge in [-0.05, 0) is 42.7 Å². The molecule has 1 amide bonds. The predicted octanol–water partition coefficient (Wildman–Crippen LogP) is 4.82. The summed E-state index contributed by atoms with van der Waals surface area (Å²) in [6.07, 6.45) is 10.3. The molecule has 0 bridgehead atoms. The first kappa shape index (κ1) is 22.2. The Balaban J connectivity index is 0.00000240. The molecule has 2 aliphatic heterocycles. The van der Waals surface area contributed by atoms with Crippen LogP contribution < -0.4 is 4.74 Å². The number of fused-ring (bicyclic) bond motifs is 1. The van der Waals surface area contributed by atoms with Gasteiger partial charge in [0.1, 0.15) is 17.4 Å². The SMILES string of the molecule is CN(C(=O)CC1=C[C@](Cl)(N2CCCC2)[C@@H](Cl)C=C1)C1=CCOc2ccccc21.Cl. The molecule has 2 heterocycles. The molecular formula is C22H25Cl3N2O2. The van der Waals surface area contributed by atoms with Crippen LogP contribution in [0.1, 0.15) is 24.8 Å². The van der Waals surface area contributed by atoms with Gasteiger partial charge in [-0.25, -0.2) is 0 Å². The molecule has 1 saturated heterocycles. The Morgan fingerprint density at radius 1 is 1.31 bits per heavy atom. The lowest BCUT2D eigenvalue weighted by molar-refractivity contribution is -0.126. The van der Waals surface area contributed by atoms with E-state index in [4.69, 9.17) is 27.9 Å². The van der Waals surface area contributed by atoms with Crippen molar-refractivity contribution in [2.45, 2.75) is 29.6 Å². The maximum atomic E-state index is 13.0. The summed E-state index contributed by atoms with van der Waals surface area (Å²) in [4.78, 5) is 16.2. The van der Waals surface area contributed by atoms with Crippen molar-refractivity contribution >= 4 is 47.2 Å². The van der Waals surface area contributed by atoms with Crippen molar-refractivity contribution in [1.82, 2.24) is 9.80 Å². The van der Waals surface area contributed by atoms with Crippen LogP contribution in [0, 0.1) is 0 Å². The highest BCUT2D eigenvalue weighted by molar-refractivity contribution is 6.34. The number of carbonyl (C=O) groups is 1. The van der Waals surface area contributed by atoms with E-state index in [0.29, 0.717) is 6.61 Å². The summed E-state index contributed by atoms with van der Waals surface area (Å²) in [5.74, 6) is 0.808. The number of hydrogen-bond acceptors (Lipinski definition) is 3. The number of amides is 1. The van der Waals surface area contributed by atoms with E-state index < -0.39 is 5.00 Å². The van der Waals surface area contributed by atoms with E-state index in [1.54, 1.807) is 4.90 Å². The molecule has 1 fully saturated rings. The van der Waals surface area contributed by atoms with E-state index >= 15 is 0 Å². The van der Waals surface area contributed by atoms with Crippen molar-refractivity contribution in [3.8, 4) is 5.75 Å². The Kier molecular flexibility index (Phi) is 7.00. The fourth-order valence-electron chi connectivity index (χ4n) is 4.04. The van der Waals surface area contributed by atoms with E-state index in [2.05, 4.69) is 4.90 Å². The third kappa shape index (κ3) is 4.36. The number of halogens is 3. The summed E-state index contributed by atoms with van der Waals surface area (Å²) < 4.78 is 5.66. The smallest absolute Gasteiger partial charge is 0.231 e. The van der Waals surface area contributed by atoms with Crippen molar-refractivity contribution in [1.29, 1.82) is 0 Å². The van der Waals surface area contributed by atoms with E-state index in [1.165, 1.54) is 0 Å². The fourth-order valence-corrected chi connectivity index (χ4v) is 4.69. The molecule has 1 aromatic carbocycles. The van der Waals surface area contributed by atoms with Crippen LogP contribution in [0.3, 0.4) is 0 Å². The first-order chi connectivity index (χ1) is 13.5. The highest BCUT2D eigenvalue weighted by Gasteiger charge is 2.41. The number of allylic oxidation sites excluding steroid dienone is 1. The van der Waals surface area contributed by atoms with Crippen LogP contribution in [0.5, 0.6) is 5.75 Å². The van der Waals surface area contributed by atoms with Crippen molar-refractivity contribution < 1.29 is 9.53 Å². The fraction of sp³-hybridized carbons (Fsp3) is 0.409. The average molecular weight is 456 g/mol. The molecule has 2 atom stereocenters. The van der Waals surface area contributed by atoms with Crippen molar-refractivity contribution in [2.24, 2.45) is 0 Å². The highest BCUT2D eigenvalue weighted by Crippen LogP contribution is 2.39. The third-order valence-corrected chi connectivity index (χ3v) is 6.79. The first-order valence-corrected chi connectivity index (χ1v) is 10.5. The van der Waals surface area contributed by atoms with Gasteiger partial charge in [-0.1, -0.05) is 35.9 Å². The number of rotatable bonds is 4. The number of carbonyl (C=O) groups excluding carboxylic acids is 1. The molecule has 1 aliphatic carbocycles. The zero-order valence-electron chi connectivity index (χ0n) is 16.3. The number of nitrogens with zero attached hydrogens (tertiary/aromatic N) is 2. The summed E-state index contributed by atoms with van der Waals surface area (Å²) in [5, 5.41) is -0.311. The topological polar surface area (TPSA) is 32.8 Å². The van der Waals surface area contributed by atoms with Crippen LogP contribution in [0.25, 0.3) is 5.70 Å². The molecule has 156 valence electrons. The monoisotopic (exact) mass is 454 g/mol. The molecule has 0 unspecified atom stereocenters. The molecule has 1 aromatic rings. The lowest BCUT2D eigenvalue weighted by Gasteiger charge is -2.39. The summed E-state index contributed by atoms with van der Waals surface area (Å²) in [5.41, 5.74) is 2.71. The van der Waals surface area contributed by atoms with Crippen LogP contribution >= 0.6 is 35.6 Å². The molecule has 0 N–H and O–H groups in total. The first-order valence-electron chi connectivity index (χ1n) is 9.66. The van der Waals surface area contributed by atoms with Gasteiger partial charge in [0.15, 0.2) is 0 Å². The van der Waals surface area contributed by atoms with E-state index in [1.807, 2.05) is 55.6 Å². The van der Waals surface area contributed by atoms with Gasteiger partial charge in [-0.15, -0.1) is 24.0 Å². The minimum atomic E-state index is -0.758. The van der Waals surface area contributed by atoms with Crippen LogP contribution in [0.4, 0.5) is 0 Å². The second kappa shape index (κ2) is 9.13. The minimum absolute atomic E-state index is 0. The summed E-state index contributed by atoms with van der Waals surface area (Å²) in [6, 6.07) is 7.78. The quantitative estimate of drug-likeness (QED) is 0.482. The van der Waals surface area contributed by atoms with E-state index in [0.717, 1.165) is 48.5 Å². The van der Waals surface area contributed by atoms with E-state index in [9.17, 15) is 4.79 Å². The highest BCUT2D eigenvalue weighted by atomic mass is 35.5. The van der Waals surface area contributed by atoms with Crippen LogP contribution in [0.2, 0.25) is 0 Å². The number of benzene rings is 1. The van der Waals surface area contributed by atoms with Gasteiger partial charge in [0.2, 0.25) is 5.91 Å². The molecule has 0 aromatic heterocycles. The normalized spacial score (nSPS) is 26.0. The summed E-state index contributed by atoms with van der Waals surface area (Å²) in [6.45, 7) is 2.32. The molecule has 0 radical (unpaired) electrons. The second-order valence-electron chi connectivity index (χ2n) is 7.43. The standard InChI is InChI=1S/C22H24Cl2N2O2.ClH/c1-25(18-10-13-28-19-7-3-2-6-17(18)19)21(27)14-16-8-9-20(23)22(24,15-16)26-11-4-5-12-26;/h2-3,6-10,15,20H,4-5,11-14H2,1H3;1H/t20-,22-;/m0./s1. The molecule has 4 rings (SSSR count). The van der Waals surface area contributed by atoms with Gasteiger partial charge in [0.05, 0.1) is 17.5 Å². The number of para-hydroxylation sites is 1. The maximum Gasteiger partial charge on any atom is 0.231 e. The number of hydrogen-bond donors (Lipinski definition) is 0. The van der Waals surface area contributed by atoms with Crippen LogP contribution in [0.15, 0.2) is 54.1 Å². The van der Waals surface area contributed by atoms with Gasteiger partial charge in [0, 0.05) is 25.7 Å². The lowest BCUT2D eigenvalue weighted by Crippen LogP contribution is -2.48. The zero-order chi connectivity index (χ0) is 19.7. The van der Waals surface area contributed by atoms with Crippen LogP contribution in [-0.4, -0.2) is 52.8 Å². The Labute approximate surface area is 188 Å². The third-order valence-electron chi connectivity index (χ3n) is 5.61. The Bertz CT molecular complexity index is 861. The van der Waals surface area contributed by atoms with Gasteiger partial charge < -0.3 is 9.64 Å². The molecule has 0 saturated carbocycles. The molecular weight excluding hydrogens is 431 g/mol. The van der Waals surface area contributed by atoms with Crippen molar-refractivity contribution in [3.63, 3.8) is 0 Å². The molecule has 0 spiro atoms. The van der Waals surface area contributed by atoms with Crippen molar-refractivity contribution in [3.05, 3.63) is 59.7 Å². The minimum Gasteiger partial charge on any atom is -0.489 e. The Morgan fingerprint density at radius 3 is 2.79 bits per heavy atom. The number of ether oxygens (including phenoxy) is 1. The summed E-state index contributed by atoms with van der Waals surface area (Å²) in [7, 11) is 1.81. The molecule has 7 heteroatoms. The molecule has 4 nitrogen and oxygen atoms in total. The number of likely N-dealkylation sites (tertiary alicyclic amines) is 1.